The first-order chi connectivity index (χ1) is 6.86. The number of hydrogen-bond acceptors (Lipinski definition) is 4. The van der Waals surface area contributed by atoms with Gasteiger partial charge in [-0.2, -0.15) is 0 Å². The number of rotatable bonds is 2. The second-order valence-electron chi connectivity index (χ2n) is 2.57. The van der Waals surface area contributed by atoms with Crippen molar-refractivity contribution in [3.05, 3.63) is 29.6 Å². The average molecular weight is 253 g/mol. The molecule has 0 aliphatic rings. The quantitative estimate of drug-likeness (QED) is 0.592. The summed E-state index contributed by atoms with van der Waals surface area (Å²) < 4.78 is 39.1. The third-order valence-corrected chi connectivity index (χ3v) is 2.97. The molecular formula is C8H6ClFO4S. The summed E-state index contributed by atoms with van der Waals surface area (Å²) in [6.45, 7) is 0. The van der Waals surface area contributed by atoms with E-state index in [0.29, 0.717) is 6.07 Å². The Bertz CT molecular complexity index is 497. The van der Waals surface area contributed by atoms with E-state index in [9.17, 15) is 17.6 Å². The molecule has 0 aliphatic carbocycles. The zero-order valence-corrected chi connectivity index (χ0v) is 9.10. The van der Waals surface area contributed by atoms with E-state index in [1.807, 2.05) is 0 Å². The summed E-state index contributed by atoms with van der Waals surface area (Å²) in [6.07, 6.45) is 0. The number of benzene rings is 1. The van der Waals surface area contributed by atoms with Gasteiger partial charge in [-0.15, -0.1) is 0 Å². The second-order valence-corrected chi connectivity index (χ2v) is 5.10. The molecule has 0 atom stereocenters. The Labute approximate surface area is 90.0 Å². The summed E-state index contributed by atoms with van der Waals surface area (Å²) in [6, 6.07) is 2.60. The van der Waals surface area contributed by atoms with Crippen LogP contribution in [-0.4, -0.2) is 21.5 Å². The number of ether oxygens (including phenoxy) is 1. The zero-order chi connectivity index (χ0) is 11.6. The van der Waals surface area contributed by atoms with Crippen LogP contribution in [0.15, 0.2) is 23.1 Å². The van der Waals surface area contributed by atoms with Crippen LogP contribution in [0.25, 0.3) is 0 Å². The van der Waals surface area contributed by atoms with E-state index in [0.717, 1.165) is 19.2 Å². The van der Waals surface area contributed by atoms with Crippen LogP contribution >= 0.6 is 10.7 Å². The van der Waals surface area contributed by atoms with Gasteiger partial charge in [0, 0.05) is 10.7 Å². The van der Waals surface area contributed by atoms with E-state index in [4.69, 9.17) is 10.7 Å². The Balaban J connectivity index is 3.47. The van der Waals surface area contributed by atoms with Crippen LogP contribution in [-0.2, 0) is 13.8 Å². The van der Waals surface area contributed by atoms with Gasteiger partial charge in [0.25, 0.3) is 9.05 Å². The molecule has 0 aliphatic heterocycles. The van der Waals surface area contributed by atoms with Gasteiger partial charge in [0.05, 0.1) is 17.6 Å². The normalized spacial score (nSPS) is 11.1. The van der Waals surface area contributed by atoms with Crippen LogP contribution in [0.3, 0.4) is 0 Å². The average Bonchev–Trinajstić information content (AvgIpc) is 2.15. The fourth-order valence-electron chi connectivity index (χ4n) is 0.976. The largest absolute Gasteiger partial charge is 0.465 e. The molecule has 0 saturated heterocycles. The van der Waals surface area contributed by atoms with Gasteiger partial charge in [-0.05, 0) is 18.2 Å². The monoisotopic (exact) mass is 252 g/mol. The third-order valence-electron chi connectivity index (χ3n) is 1.61. The van der Waals surface area contributed by atoms with Crippen molar-refractivity contribution in [2.75, 3.05) is 7.11 Å². The maximum atomic E-state index is 12.8. The molecule has 1 aromatic carbocycles. The van der Waals surface area contributed by atoms with E-state index < -0.39 is 25.7 Å². The van der Waals surface area contributed by atoms with E-state index in [1.165, 1.54) is 0 Å². The van der Waals surface area contributed by atoms with Gasteiger partial charge in [0.15, 0.2) is 0 Å². The smallest absolute Gasteiger partial charge is 0.339 e. The highest BCUT2D eigenvalue weighted by Crippen LogP contribution is 2.21. The van der Waals surface area contributed by atoms with Gasteiger partial charge in [-0.1, -0.05) is 0 Å². The predicted octanol–water partition coefficient (Wildman–Crippen LogP) is 1.54. The molecule has 0 saturated carbocycles. The van der Waals surface area contributed by atoms with Gasteiger partial charge < -0.3 is 4.74 Å². The molecule has 0 spiro atoms. The molecule has 15 heavy (non-hydrogen) atoms. The lowest BCUT2D eigenvalue weighted by molar-refractivity contribution is 0.0596. The minimum atomic E-state index is -4.18. The summed E-state index contributed by atoms with van der Waals surface area (Å²) in [4.78, 5) is 10.5. The maximum Gasteiger partial charge on any atom is 0.339 e. The fraction of sp³-hybridized carbons (Fsp3) is 0.125. The lowest BCUT2D eigenvalue weighted by Crippen LogP contribution is -2.07. The SMILES string of the molecule is COC(=O)c1ccc(F)cc1S(=O)(=O)Cl. The van der Waals surface area contributed by atoms with E-state index in [2.05, 4.69) is 4.74 Å². The van der Waals surface area contributed by atoms with Gasteiger partial charge in [-0.3, -0.25) is 0 Å². The van der Waals surface area contributed by atoms with Crippen molar-refractivity contribution in [1.82, 2.24) is 0 Å². The highest BCUT2D eigenvalue weighted by atomic mass is 35.7. The Morgan fingerprint density at radius 2 is 2.07 bits per heavy atom. The Morgan fingerprint density at radius 3 is 2.53 bits per heavy atom. The van der Waals surface area contributed by atoms with Crippen LogP contribution in [0, 0.1) is 5.82 Å². The minimum absolute atomic E-state index is 0.297. The number of carbonyl (C=O) groups is 1. The Morgan fingerprint density at radius 1 is 1.47 bits per heavy atom. The zero-order valence-electron chi connectivity index (χ0n) is 7.53. The summed E-state index contributed by atoms with van der Waals surface area (Å²) in [7, 11) is 1.93. The first-order valence-electron chi connectivity index (χ1n) is 3.69. The molecule has 0 N–H and O–H groups in total. The third kappa shape index (κ3) is 2.66. The molecule has 0 radical (unpaired) electrons. The molecule has 0 fully saturated rings. The van der Waals surface area contributed by atoms with Crippen LogP contribution in [0.2, 0.25) is 0 Å². The number of hydrogen-bond donors (Lipinski definition) is 0. The molecule has 0 amide bonds. The van der Waals surface area contributed by atoms with Crippen LogP contribution in [0.5, 0.6) is 0 Å². The molecular weight excluding hydrogens is 247 g/mol. The van der Waals surface area contributed by atoms with Crippen LogP contribution in [0.4, 0.5) is 4.39 Å². The van der Waals surface area contributed by atoms with E-state index in [1.54, 1.807) is 0 Å². The van der Waals surface area contributed by atoms with Gasteiger partial charge in [-0.25, -0.2) is 17.6 Å². The number of esters is 1. The van der Waals surface area contributed by atoms with Crippen molar-refractivity contribution in [1.29, 1.82) is 0 Å². The van der Waals surface area contributed by atoms with Crippen molar-refractivity contribution in [3.63, 3.8) is 0 Å². The highest BCUT2D eigenvalue weighted by Gasteiger charge is 2.21. The first-order valence-corrected chi connectivity index (χ1v) is 5.99. The summed E-state index contributed by atoms with van der Waals surface area (Å²) in [5.41, 5.74) is -0.297. The van der Waals surface area contributed by atoms with Crippen molar-refractivity contribution < 1.29 is 22.3 Å². The molecule has 1 aromatic rings. The second kappa shape index (κ2) is 4.16. The van der Waals surface area contributed by atoms with E-state index in [-0.39, 0.29) is 5.56 Å². The molecule has 82 valence electrons. The molecule has 0 bridgehead atoms. The van der Waals surface area contributed by atoms with Crippen LogP contribution in [0.1, 0.15) is 10.4 Å². The van der Waals surface area contributed by atoms with Crippen molar-refractivity contribution >= 4 is 25.7 Å². The Kier molecular flexibility index (Phi) is 3.31. The topological polar surface area (TPSA) is 60.4 Å². The minimum Gasteiger partial charge on any atom is -0.465 e. The standard InChI is InChI=1S/C8H6ClFO4S/c1-14-8(11)6-3-2-5(10)4-7(6)15(9,12)13/h2-4H,1H3. The molecule has 7 heteroatoms. The van der Waals surface area contributed by atoms with Gasteiger partial charge in [0.2, 0.25) is 0 Å². The van der Waals surface area contributed by atoms with E-state index >= 15 is 0 Å². The summed E-state index contributed by atoms with van der Waals surface area (Å²) in [5, 5.41) is 0. The van der Waals surface area contributed by atoms with Crippen molar-refractivity contribution in [2.45, 2.75) is 4.90 Å². The fourth-order valence-corrected chi connectivity index (χ4v) is 2.03. The predicted molar refractivity (Wildman–Crippen MR) is 50.8 cm³/mol. The Hall–Kier alpha value is -1.14. The van der Waals surface area contributed by atoms with Crippen molar-refractivity contribution in [2.24, 2.45) is 0 Å². The number of methoxy groups -OCH3 is 1. The highest BCUT2D eigenvalue weighted by molar-refractivity contribution is 8.13. The van der Waals surface area contributed by atoms with Crippen LogP contribution < -0.4 is 0 Å². The molecule has 1 rings (SSSR count). The first kappa shape index (κ1) is 11.9. The molecule has 0 heterocycles. The molecule has 0 unspecified atom stereocenters. The number of carbonyl (C=O) groups excluding carboxylic acids is 1. The maximum absolute atomic E-state index is 12.8. The lowest BCUT2D eigenvalue weighted by atomic mass is 10.2. The van der Waals surface area contributed by atoms with Crippen molar-refractivity contribution in [3.8, 4) is 0 Å². The molecule has 0 aromatic heterocycles. The summed E-state index contributed by atoms with van der Waals surface area (Å²) >= 11 is 0. The summed E-state index contributed by atoms with van der Waals surface area (Å²) in [5.74, 6) is -1.70. The molecule has 4 nitrogen and oxygen atoms in total. The van der Waals surface area contributed by atoms with Gasteiger partial charge in [0.1, 0.15) is 5.82 Å². The van der Waals surface area contributed by atoms with Gasteiger partial charge >= 0.3 is 5.97 Å². The number of halogens is 2. The lowest BCUT2D eigenvalue weighted by Gasteiger charge is -2.04.